The molecule has 0 radical (unpaired) electrons. The van der Waals surface area contributed by atoms with E-state index < -0.39 is 17.8 Å². The van der Waals surface area contributed by atoms with Crippen LogP contribution >= 0.6 is 0 Å². The molecule has 0 spiro atoms. The summed E-state index contributed by atoms with van der Waals surface area (Å²) >= 11 is 0. The minimum atomic E-state index is -4.41. The summed E-state index contributed by atoms with van der Waals surface area (Å²) < 4.78 is 38.0. The predicted octanol–water partition coefficient (Wildman–Crippen LogP) is 2.72. The van der Waals surface area contributed by atoms with E-state index in [-0.39, 0.29) is 18.4 Å². The maximum absolute atomic E-state index is 12.7. The molecular weight excluding hydrogens is 309 g/mol. The number of alkyl halides is 3. The molecule has 1 unspecified atom stereocenters. The topological polar surface area (TPSA) is 49.4 Å². The van der Waals surface area contributed by atoms with Gasteiger partial charge in [0.05, 0.1) is 5.56 Å². The molecule has 1 aliphatic rings. The number of benzene rings is 1. The van der Waals surface area contributed by atoms with Crippen molar-refractivity contribution in [3.8, 4) is 0 Å². The Balaban J connectivity index is 2.00. The van der Waals surface area contributed by atoms with Gasteiger partial charge in [0.25, 0.3) is 0 Å². The lowest BCUT2D eigenvalue weighted by atomic mass is 10.1. The molecule has 23 heavy (non-hydrogen) atoms. The van der Waals surface area contributed by atoms with E-state index in [1.54, 1.807) is 7.05 Å². The second-order valence-electron chi connectivity index (χ2n) is 5.68. The first-order chi connectivity index (χ1) is 10.8. The molecule has 1 aromatic carbocycles. The van der Waals surface area contributed by atoms with Crippen molar-refractivity contribution in [1.29, 1.82) is 0 Å². The van der Waals surface area contributed by atoms with Crippen molar-refractivity contribution in [2.45, 2.75) is 44.4 Å². The van der Waals surface area contributed by atoms with E-state index in [1.165, 1.54) is 17.0 Å². The summed E-state index contributed by atoms with van der Waals surface area (Å²) in [5.41, 5.74) is -0.373. The highest BCUT2D eigenvalue weighted by molar-refractivity contribution is 5.87. The Morgan fingerprint density at radius 2 is 2.09 bits per heavy atom. The Labute approximate surface area is 132 Å². The van der Waals surface area contributed by atoms with Crippen LogP contribution in [0.1, 0.15) is 36.8 Å². The van der Waals surface area contributed by atoms with Crippen LogP contribution in [0.15, 0.2) is 24.3 Å². The van der Waals surface area contributed by atoms with Gasteiger partial charge >= 0.3 is 6.18 Å². The average Bonchev–Trinajstić information content (AvgIpc) is 2.67. The minimum Gasteiger partial charge on any atom is -0.350 e. The van der Waals surface area contributed by atoms with E-state index in [4.69, 9.17) is 0 Å². The Kier molecular flexibility index (Phi) is 5.28. The Hall–Kier alpha value is -2.05. The van der Waals surface area contributed by atoms with Crippen molar-refractivity contribution >= 4 is 11.8 Å². The lowest BCUT2D eigenvalue weighted by molar-refractivity contribution is -0.138. The molecule has 1 fully saturated rings. The van der Waals surface area contributed by atoms with Crippen LogP contribution in [0.25, 0.3) is 0 Å². The van der Waals surface area contributed by atoms with Crippen LogP contribution in [0.5, 0.6) is 0 Å². The van der Waals surface area contributed by atoms with Crippen LogP contribution in [-0.2, 0) is 22.3 Å². The summed E-state index contributed by atoms with van der Waals surface area (Å²) in [6.07, 6.45) is -1.89. The number of carbonyl (C=O) groups is 2. The molecule has 1 N–H and O–H groups in total. The van der Waals surface area contributed by atoms with Crippen LogP contribution in [0.3, 0.4) is 0 Å². The number of nitrogens with zero attached hydrogens (tertiary/aromatic N) is 1. The number of amides is 2. The predicted molar refractivity (Wildman–Crippen MR) is 78.3 cm³/mol. The van der Waals surface area contributed by atoms with Crippen molar-refractivity contribution in [3.05, 3.63) is 35.4 Å². The molecule has 1 atom stereocenters. The summed E-state index contributed by atoms with van der Waals surface area (Å²) in [5.74, 6) is -0.415. The van der Waals surface area contributed by atoms with Crippen molar-refractivity contribution in [1.82, 2.24) is 10.2 Å². The average molecular weight is 328 g/mol. The van der Waals surface area contributed by atoms with E-state index in [2.05, 4.69) is 5.32 Å². The number of hydrogen-bond donors (Lipinski definition) is 1. The van der Waals surface area contributed by atoms with Gasteiger partial charge in [-0.2, -0.15) is 13.2 Å². The summed E-state index contributed by atoms with van der Waals surface area (Å²) in [5, 5.41) is 2.63. The number of rotatable bonds is 3. The second kappa shape index (κ2) is 7.02. The van der Waals surface area contributed by atoms with Gasteiger partial charge in [-0.1, -0.05) is 18.6 Å². The lowest BCUT2D eigenvalue weighted by Crippen LogP contribution is -2.46. The zero-order chi connectivity index (χ0) is 17.0. The van der Waals surface area contributed by atoms with Crippen molar-refractivity contribution < 1.29 is 22.8 Å². The van der Waals surface area contributed by atoms with Crippen LogP contribution in [0.4, 0.5) is 13.2 Å². The first-order valence-electron chi connectivity index (χ1n) is 7.48. The van der Waals surface area contributed by atoms with Gasteiger partial charge in [0.15, 0.2) is 0 Å². The van der Waals surface area contributed by atoms with Gasteiger partial charge in [-0.15, -0.1) is 0 Å². The zero-order valence-electron chi connectivity index (χ0n) is 12.8. The molecule has 0 bridgehead atoms. The van der Waals surface area contributed by atoms with Gasteiger partial charge in [0.2, 0.25) is 11.8 Å². The maximum atomic E-state index is 12.7. The van der Waals surface area contributed by atoms with Crippen LogP contribution < -0.4 is 5.32 Å². The van der Waals surface area contributed by atoms with E-state index in [1.807, 2.05) is 0 Å². The summed E-state index contributed by atoms with van der Waals surface area (Å²) in [6.45, 7) is 0.00127. The van der Waals surface area contributed by atoms with Gasteiger partial charge < -0.3 is 10.2 Å². The lowest BCUT2D eigenvalue weighted by Gasteiger charge is -2.25. The summed E-state index contributed by atoms with van der Waals surface area (Å²) in [7, 11) is 1.59. The van der Waals surface area contributed by atoms with E-state index in [9.17, 15) is 22.8 Å². The Morgan fingerprint density at radius 1 is 1.35 bits per heavy atom. The minimum absolute atomic E-state index is 0.00127. The highest BCUT2D eigenvalue weighted by Gasteiger charge is 2.31. The highest BCUT2D eigenvalue weighted by atomic mass is 19.4. The monoisotopic (exact) mass is 328 g/mol. The molecule has 1 heterocycles. The van der Waals surface area contributed by atoms with Crippen LogP contribution in [0, 0.1) is 0 Å². The molecular formula is C16H19F3N2O2. The number of likely N-dealkylation sites (tertiary alicyclic amines) is 1. The number of nitrogens with one attached hydrogen (secondary N) is 1. The van der Waals surface area contributed by atoms with Crippen LogP contribution in [0.2, 0.25) is 0 Å². The molecule has 0 aromatic heterocycles. The highest BCUT2D eigenvalue weighted by Crippen LogP contribution is 2.29. The van der Waals surface area contributed by atoms with E-state index in [0.717, 1.165) is 25.0 Å². The third-order valence-corrected chi connectivity index (χ3v) is 4.00. The molecule has 2 amide bonds. The normalized spacial score (nSPS) is 19.4. The molecule has 7 heteroatoms. The fraction of sp³-hybridized carbons (Fsp3) is 0.500. The summed E-state index contributed by atoms with van der Waals surface area (Å²) in [4.78, 5) is 25.4. The molecule has 1 aliphatic heterocycles. The second-order valence-corrected chi connectivity index (χ2v) is 5.68. The molecule has 0 saturated carbocycles. The molecule has 1 aromatic rings. The largest absolute Gasteiger partial charge is 0.416 e. The quantitative estimate of drug-likeness (QED) is 0.927. The first-order valence-corrected chi connectivity index (χ1v) is 7.48. The maximum Gasteiger partial charge on any atom is 0.416 e. The van der Waals surface area contributed by atoms with Gasteiger partial charge in [-0.05, 0) is 30.5 Å². The van der Waals surface area contributed by atoms with Crippen molar-refractivity contribution in [2.24, 2.45) is 0 Å². The Morgan fingerprint density at radius 3 is 2.78 bits per heavy atom. The third kappa shape index (κ3) is 4.46. The fourth-order valence-electron chi connectivity index (χ4n) is 2.63. The van der Waals surface area contributed by atoms with Gasteiger partial charge in [-0.3, -0.25) is 9.59 Å². The zero-order valence-corrected chi connectivity index (χ0v) is 12.8. The fourth-order valence-corrected chi connectivity index (χ4v) is 2.63. The molecule has 2 rings (SSSR count). The number of hydrogen-bond acceptors (Lipinski definition) is 2. The Bertz CT molecular complexity index is 587. The standard InChI is InChI=1S/C16H19F3N2O2/c1-21-13(7-2-3-8-14(21)22)15(23)20-10-11-5-4-6-12(9-11)16(17,18)19/h4-6,9,13H,2-3,7-8,10H2,1H3,(H,20,23). The summed E-state index contributed by atoms with van der Waals surface area (Å²) in [6, 6.07) is 4.28. The first kappa shape index (κ1) is 17.3. The molecule has 0 aliphatic carbocycles. The number of carbonyl (C=O) groups excluding carboxylic acids is 2. The van der Waals surface area contributed by atoms with Gasteiger partial charge in [-0.25, -0.2) is 0 Å². The van der Waals surface area contributed by atoms with E-state index in [0.29, 0.717) is 18.4 Å². The van der Waals surface area contributed by atoms with Gasteiger partial charge in [0, 0.05) is 20.0 Å². The number of halogens is 3. The van der Waals surface area contributed by atoms with Gasteiger partial charge in [0.1, 0.15) is 6.04 Å². The third-order valence-electron chi connectivity index (χ3n) is 4.00. The smallest absolute Gasteiger partial charge is 0.350 e. The van der Waals surface area contributed by atoms with Crippen molar-refractivity contribution in [2.75, 3.05) is 7.05 Å². The van der Waals surface area contributed by atoms with Crippen molar-refractivity contribution in [3.63, 3.8) is 0 Å². The van der Waals surface area contributed by atoms with E-state index >= 15 is 0 Å². The molecule has 4 nitrogen and oxygen atoms in total. The number of likely N-dealkylation sites (N-methyl/N-ethyl adjacent to an activating group) is 1. The van der Waals surface area contributed by atoms with Crippen LogP contribution in [-0.4, -0.2) is 29.8 Å². The molecule has 1 saturated heterocycles. The molecule has 126 valence electrons. The SMILES string of the molecule is CN1C(=O)CCCCC1C(=O)NCc1cccc(C(F)(F)F)c1.